The number of alkyl halides is 1. The molecule has 1 unspecified atom stereocenters. The third kappa shape index (κ3) is 11.5. The van der Waals surface area contributed by atoms with Crippen LogP contribution in [0.4, 0.5) is 4.79 Å². The second-order valence-corrected chi connectivity index (χ2v) is 12.8. The number of aryl methyl sites for hydroxylation is 2. The average Bonchev–Trinajstić information content (AvgIpc) is 3.66. The van der Waals surface area contributed by atoms with E-state index in [1.807, 2.05) is 22.6 Å². The quantitative estimate of drug-likeness (QED) is 0.0954. The molecule has 18 heteroatoms. The number of amides is 3. The fourth-order valence-corrected chi connectivity index (χ4v) is 5.57. The second kappa shape index (κ2) is 18.6. The van der Waals surface area contributed by atoms with E-state index in [-0.39, 0.29) is 40.5 Å². The standard InChI is InChI=1S/C31H37IN4O12S/c1-17-23(47-30(42)46-17)15-45-29(41)48-31(3,16-32)25(37)20(11-19-9-7-6-8-10-19)34-26(38)21(13-43-4)35-27(39)22(14-44-5)36-28(40)24-12-33-18(2)49-24/h6-10,12,20-22H,11,13-16H2,1-5H3,(H,34,38)(H,35,39)(H,36,40)/t20?,21-,22-,31+/m0/s1. The highest BCUT2D eigenvalue weighted by Crippen LogP contribution is 2.22. The van der Waals surface area contributed by atoms with Gasteiger partial charge in [0.1, 0.15) is 17.0 Å². The van der Waals surface area contributed by atoms with Crippen LogP contribution in [0.3, 0.4) is 0 Å². The van der Waals surface area contributed by atoms with E-state index in [0.29, 0.717) is 10.6 Å². The van der Waals surface area contributed by atoms with Crippen molar-refractivity contribution in [3.8, 4) is 0 Å². The Labute approximate surface area is 298 Å². The van der Waals surface area contributed by atoms with Crippen LogP contribution in [0.2, 0.25) is 0 Å². The third-order valence-electron chi connectivity index (χ3n) is 6.92. The van der Waals surface area contributed by atoms with Gasteiger partial charge < -0.3 is 43.7 Å². The molecular formula is C31H37IN4O12S. The number of hydrogen-bond acceptors (Lipinski definition) is 14. The van der Waals surface area contributed by atoms with Gasteiger partial charge in [-0.3, -0.25) is 19.2 Å². The first-order valence-electron chi connectivity index (χ1n) is 14.7. The Kier molecular flexibility index (Phi) is 14.9. The summed E-state index contributed by atoms with van der Waals surface area (Å²) < 4.78 is 30.3. The summed E-state index contributed by atoms with van der Waals surface area (Å²) in [5.41, 5.74) is -1.11. The molecule has 3 aromatic rings. The molecule has 0 aliphatic heterocycles. The van der Waals surface area contributed by atoms with Gasteiger partial charge in [0.15, 0.2) is 29.5 Å². The van der Waals surface area contributed by atoms with Gasteiger partial charge in [-0.25, -0.2) is 14.6 Å². The maximum atomic E-state index is 14.0. The number of rotatable bonds is 18. The van der Waals surface area contributed by atoms with Crippen molar-refractivity contribution in [1.82, 2.24) is 20.9 Å². The summed E-state index contributed by atoms with van der Waals surface area (Å²) >= 11 is 3.01. The van der Waals surface area contributed by atoms with Gasteiger partial charge in [0, 0.05) is 18.6 Å². The van der Waals surface area contributed by atoms with Gasteiger partial charge in [0.25, 0.3) is 5.91 Å². The molecule has 0 spiro atoms. The number of Topliss-reactive ketones (excluding diaryl/α,β-unsaturated/α-hetero) is 1. The van der Waals surface area contributed by atoms with Crippen LogP contribution < -0.4 is 21.8 Å². The van der Waals surface area contributed by atoms with E-state index >= 15 is 0 Å². The predicted molar refractivity (Wildman–Crippen MR) is 181 cm³/mol. The molecule has 3 amide bonds. The minimum atomic E-state index is -1.79. The number of ether oxygens (including phenoxy) is 4. The van der Waals surface area contributed by atoms with Crippen LogP contribution in [0.5, 0.6) is 0 Å². The number of halogens is 1. The van der Waals surface area contributed by atoms with Crippen molar-refractivity contribution in [2.45, 2.75) is 57.5 Å². The Morgan fingerprint density at radius 1 is 0.939 bits per heavy atom. The van der Waals surface area contributed by atoms with Gasteiger partial charge in [-0.2, -0.15) is 0 Å². The molecular weight excluding hydrogens is 779 g/mol. The minimum Gasteiger partial charge on any atom is -0.426 e. The number of carbonyl (C=O) groups excluding carboxylic acids is 5. The molecule has 2 heterocycles. The van der Waals surface area contributed by atoms with E-state index < -0.39 is 65.8 Å². The monoisotopic (exact) mass is 816 g/mol. The van der Waals surface area contributed by atoms with Gasteiger partial charge in [0.2, 0.25) is 11.8 Å². The topological polar surface area (TPSA) is 215 Å². The fraction of sp³-hybridized carbons (Fsp3) is 0.452. The number of hydrogen-bond donors (Lipinski definition) is 3. The zero-order chi connectivity index (χ0) is 36.1. The Morgan fingerprint density at radius 3 is 2.08 bits per heavy atom. The molecule has 266 valence electrons. The van der Waals surface area contributed by atoms with Crippen LogP contribution in [-0.4, -0.2) is 90.2 Å². The van der Waals surface area contributed by atoms with Crippen molar-refractivity contribution in [2.24, 2.45) is 0 Å². The average molecular weight is 817 g/mol. The number of nitrogens with zero attached hydrogens (tertiary/aromatic N) is 1. The van der Waals surface area contributed by atoms with E-state index in [0.717, 1.165) is 11.3 Å². The number of aromatic nitrogens is 1. The van der Waals surface area contributed by atoms with Crippen LogP contribution in [0.15, 0.2) is 50.2 Å². The molecule has 3 N–H and O–H groups in total. The second-order valence-electron chi connectivity index (χ2n) is 10.8. The van der Waals surface area contributed by atoms with Crippen molar-refractivity contribution < 1.29 is 51.8 Å². The van der Waals surface area contributed by atoms with Gasteiger partial charge in [0.05, 0.1) is 30.5 Å². The van der Waals surface area contributed by atoms with Crippen LogP contribution in [0.1, 0.15) is 38.7 Å². The molecule has 0 saturated heterocycles. The summed E-state index contributed by atoms with van der Waals surface area (Å²) in [4.78, 5) is 82.0. The summed E-state index contributed by atoms with van der Waals surface area (Å²) in [5, 5.41) is 8.47. The highest BCUT2D eigenvalue weighted by Gasteiger charge is 2.43. The molecule has 0 bridgehead atoms. The molecule has 16 nitrogen and oxygen atoms in total. The predicted octanol–water partition coefficient (Wildman–Crippen LogP) is 2.03. The molecule has 1 aromatic carbocycles. The highest BCUT2D eigenvalue weighted by molar-refractivity contribution is 14.1. The lowest BCUT2D eigenvalue weighted by atomic mass is 9.92. The normalized spacial score (nSPS) is 14.1. The molecule has 49 heavy (non-hydrogen) atoms. The van der Waals surface area contributed by atoms with E-state index in [4.69, 9.17) is 27.8 Å². The van der Waals surface area contributed by atoms with Crippen molar-refractivity contribution in [3.63, 3.8) is 0 Å². The lowest BCUT2D eigenvalue weighted by molar-refractivity contribution is -0.141. The maximum absolute atomic E-state index is 14.0. The van der Waals surface area contributed by atoms with Crippen molar-refractivity contribution in [2.75, 3.05) is 31.9 Å². The zero-order valence-electron chi connectivity index (χ0n) is 27.4. The third-order valence-corrected chi connectivity index (χ3v) is 9.29. The lowest BCUT2D eigenvalue weighted by Gasteiger charge is -2.31. The van der Waals surface area contributed by atoms with Gasteiger partial charge in [-0.15, -0.1) is 11.3 Å². The van der Waals surface area contributed by atoms with Crippen LogP contribution in [0.25, 0.3) is 0 Å². The first kappa shape index (κ1) is 39.3. The SMILES string of the molecule is COC[C@H](NC(=O)c1cnc(C)s1)C(=O)N[C@@H](COC)C(=O)NC(Cc1ccccc1)C(=O)[C@@](C)(CI)OC(=O)OCc1oc(=O)oc1C. The van der Waals surface area contributed by atoms with Crippen LogP contribution in [0, 0.1) is 13.8 Å². The summed E-state index contributed by atoms with van der Waals surface area (Å²) in [7, 11) is 2.67. The number of methoxy groups -OCH3 is 2. The molecule has 0 saturated carbocycles. The molecule has 0 aliphatic rings. The Morgan fingerprint density at radius 2 is 1.55 bits per heavy atom. The number of nitrogens with one attached hydrogen (secondary N) is 3. The Hall–Kier alpha value is -4.14. The molecule has 4 atom stereocenters. The summed E-state index contributed by atoms with van der Waals surface area (Å²) in [5.74, 6) is -3.64. The van der Waals surface area contributed by atoms with Crippen molar-refractivity contribution >= 4 is 63.6 Å². The Bertz CT molecular complexity index is 1660. The number of benzene rings is 1. The van der Waals surface area contributed by atoms with E-state index in [1.165, 1.54) is 34.3 Å². The van der Waals surface area contributed by atoms with Crippen molar-refractivity contribution in [1.29, 1.82) is 0 Å². The van der Waals surface area contributed by atoms with Gasteiger partial charge in [-0.1, -0.05) is 52.9 Å². The van der Waals surface area contributed by atoms with Gasteiger partial charge in [-0.05, 0) is 32.8 Å². The van der Waals surface area contributed by atoms with E-state index in [1.54, 1.807) is 37.3 Å². The largest absolute Gasteiger partial charge is 0.519 e. The van der Waals surface area contributed by atoms with Crippen LogP contribution in [-0.2, 0) is 46.4 Å². The summed E-state index contributed by atoms with van der Waals surface area (Å²) in [6.07, 6.45) is 0.152. The molecule has 0 radical (unpaired) electrons. The zero-order valence-corrected chi connectivity index (χ0v) is 30.3. The fourth-order valence-electron chi connectivity index (χ4n) is 4.35. The molecule has 0 fully saturated rings. The molecule has 3 rings (SSSR count). The molecule has 2 aromatic heterocycles. The minimum absolute atomic E-state index is 0.000304. The Balaban J connectivity index is 1.78. The lowest BCUT2D eigenvalue weighted by Crippen LogP contribution is -2.60. The van der Waals surface area contributed by atoms with Crippen molar-refractivity contribution in [3.05, 3.63) is 74.1 Å². The smallest absolute Gasteiger partial charge is 0.426 e. The van der Waals surface area contributed by atoms with Crippen LogP contribution >= 0.6 is 33.9 Å². The number of carbonyl (C=O) groups is 5. The first-order valence-corrected chi connectivity index (χ1v) is 17.1. The number of thiazole rings is 1. The summed E-state index contributed by atoms with van der Waals surface area (Å²) in [6.45, 7) is 3.56. The number of ketones is 1. The highest BCUT2D eigenvalue weighted by atomic mass is 127. The maximum Gasteiger partial charge on any atom is 0.519 e. The van der Waals surface area contributed by atoms with E-state index in [2.05, 4.69) is 20.9 Å². The first-order chi connectivity index (χ1) is 23.3. The van der Waals surface area contributed by atoms with E-state index in [9.17, 15) is 28.8 Å². The van der Waals surface area contributed by atoms with Gasteiger partial charge >= 0.3 is 12.0 Å². The molecule has 0 aliphatic carbocycles. The summed E-state index contributed by atoms with van der Waals surface area (Å²) in [6, 6.07) is 5.05.